The number of hydrogen-bond acceptors (Lipinski definition) is 5. The van der Waals surface area contributed by atoms with Gasteiger partial charge in [-0.25, -0.2) is 0 Å². The van der Waals surface area contributed by atoms with E-state index in [1.807, 2.05) is 91.0 Å². The number of anilines is 2. The van der Waals surface area contributed by atoms with Crippen LogP contribution in [0.25, 0.3) is 21.9 Å². The number of ether oxygens (including phenoxy) is 2. The number of para-hydroxylation sites is 1. The van der Waals surface area contributed by atoms with Gasteiger partial charge in [0.05, 0.1) is 13.0 Å². The molecule has 1 aromatic heterocycles. The highest BCUT2D eigenvalue weighted by atomic mass is 16.5. The van der Waals surface area contributed by atoms with Crippen molar-refractivity contribution in [2.24, 2.45) is 5.92 Å². The SMILES string of the molecule is COc1ccc(Oc2ccc(N3C[C@H](C(=O)Nc4ccc5c(c4)oc4ccccc45)CC3=O)cc2)cc1. The zero-order chi connectivity index (χ0) is 25.4. The van der Waals surface area contributed by atoms with Gasteiger partial charge >= 0.3 is 0 Å². The molecule has 1 fully saturated rings. The minimum Gasteiger partial charge on any atom is -0.497 e. The van der Waals surface area contributed by atoms with Crippen molar-refractivity contribution in [3.63, 3.8) is 0 Å². The first-order valence-electron chi connectivity index (χ1n) is 12.0. The van der Waals surface area contributed by atoms with Gasteiger partial charge in [0, 0.05) is 41.2 Å². The van der Waals surface area contributed by atoms with E-state index >= 15 is 0 Å². The lowest BCUT2D eigenvalue weighted by atomic mass is 10.1. The van der Waals surface area contributed by atoms with Crippen molar-refractivity contribution in [2.45, 2.75) is 6.42 Å². The van der Waals surface area contributed by atoms with E-state index in [2.05, 4.69) is 5.32 Å². The van der Waals surface area contributed by atoms with E-state index < -0.39 is 5.92 Å². The van der Waals surface area contributed by atoms with Crippen molar-refractivity contribution in [3.8, 4) is 17.2 Å². The van der Waals surface area contributed by atoms with Crippen LogP contribution in [0.2, 0.25) is 0 Å². The fourth-order valence-electron chi connectivity index (χ4n) is 4.65. The molecule has 0 spiro atoms. The molecule has 0 aliphatic carbocycles. The summed E-state index contributed by atoms with van der Waals surface area (Å²) in [6.07, 6.45) is 0.156. The summed E-state index contributed by atoms with van der Waals surface area (Å²) >= 11 is 0. The Morgan fingerprint density at radius 2 is 1.54 bits per heavy atom. The summed E-state index contributed by atoms with van der Waals surface area (Å²) in [5.74, 6) is 1.36. The predicted octanol–water partition coefficient (Wildman–Crippen LogP) is 6.38. The number of nitrogens with zero attached hydrogens (tertiary/aromatic N) is 1. The van der Waals surface area contributed by atoms with Crippen LogP contribution >= 0.6 is 0 Å². The number of carbonyl (C=O) groups excluding carboxylic acids is 2. The Labute approximate surface area is 213 Å². The average Bonchev–Trinajstić information content (AvgIpc) is 3.49. The first kappa shape index (κ1) is 22.7. The van der Waals surface area contributed by atoms with E-state index in [9.17, 15) is 9.59 Å². The van der Waals surface area contributed by atoms with E-state index in [1.165, 1.54) is 0 Å². The highest BCUT2D eigenvalue weighted by Gasteiger charge is 2.35. The zero-order valence-corrected chi connectivity index (χ0v) is 20.1. The van der Waals surface area contributed by atoms with Gasteiger partial charge in [0.25, 0.3) is 0 Å². The number of benzene rings is 4. The van der Waals surface area contributed by atoms with Crippen molar-refractivity contribution in [1.29, 1.82) is 0 Å². The largest absolute Gasteiger partial charge is 0.497 e. The lowest BCUT2D eigenvalue weighted by Gasteiger charge is -2.17. The van der Waals surface area contributed by atoms with Crippen molar-refractivity contribution in [3.05, 3.63) is 91.0 Å². The molecule has 1 aliphatic rings. The molecule has 1 saturated heterocycles. The van der Waals surface area contributed by atoms with Gasteiger partial charge in [0.1, 0.15) is 28.4 Å². The number of furan rings is 1. The van der Waals surface area contributed by atoms with Crippen LogP contribution < -0.4 is 19.7 Å². The third-order valence-electron chi connectivity index (χ3n) is 6.59. The fourth-order valence-corrected chi connectivity index (χ4v) is 4.65. The zero-order valence-electron chi connectivity index (χ0n) is 20.1. The van der Waals surface area contributed by atoms with Gasteiger partial charge in [-0.1, -0.05) is 18.2 Å². The van der Waals surface area contributed by atoms with Gasteiger partial charge in [-0.05, 0) is 66.7 Å². The molecule has 7 nitrogen and oxygen atoms in total. The van der Waals surface area contributed by atoms with Crippen LogP contribution in [0.5, 0.6) is 17.2 Å². The van der Waals surface area contributed by atoms with Gasteiger partial charge in [-0.3, -0.25) is 9.59 Å². The molecule has 1 atom stereocenters. The Kier molecular flexibility index (Phi) is 5.73. The summed E-state index contributed by atoms with van der Waals surface area (Å²) in [6.45, 7) is 0.316. The molecular weight excluding hydrogens is 468 g/mol. The van der Waals surface area contributed by atoms with Gasteiger partial charge in [-0.2, -0.15) is 0 Å². The second-order valence-corrected chi connectivity index (χ2v) is 8.98. The molecule has 1 aliphatic heterocycles. The molecular formula is C30H24N2O5. The molecule has 7 heteroatoms. The topological polar surface area (TPSA) is 81.0 Å². The van der Waals surface area contributed by atoms with Crippen LogP contribution in [0.1, 0.15) is 6.42 Å². The van der Waals surface area contributed by atoms with Gasteiger partial charge in [0.15, 0.2) is 0 Å². The number of methoxy groups -OCH3 is 1. The van der Waals surface area contributed by atoms with Crippen LogP contribution in [0.4, 0.5) is 11.4 Å². The summed E-state index contributed by atoms with van der Waals surface area (Å²) in [7, 11) is 1.61. The highest BCUT2D eigenvalue weighted by Crippen LogP contribution is 2.32. The highest BCUT2D eigenvalue weighted by molar-refractivity contribution is 6.07. The van der Waals surface area contributed by atoms with Crippen LogP contribution in [-0.4, -0.2) is 25.5 Å². The summed E-state index contributed by atoms with van der Waals surface area (Å²) in [5.41, 5.74) is 2.88. The smallest absolute Gasteiger partial charge is 0.229 e. The molecule has 5 aromatic rings. The Morgan fingerprint density at radius 3 is 2.30 bits per heavy atom. The number of rotatable bonds is 6. The van der Waals surface area contributed by atoms with Gasteiger partial charge < -0.3 is 24.1 Å². The van der Waals surface area contributed by atoms with Crippen molar-refractivity contribution in [2.75, 3.05) is 23.9 Å². The molecule has 0 saturated carbocycles. The Morgan fingerprint density at radius 1 is 0.865 bits per heavy atom. The van der Waals surface area contributed by atoms with Crippen molar-refractivity contribution < 1.29 is 23.5 Å². The van der Waals surface area contributed by atoms with Gasteiger partial charge in [-0.15, -0.1) is 0 Å². The standard InChI is InChI=1S/C30H24N2O5/c1-35-22-11-13-24(14-12-22)36-23-9-7-21(8-10-23)32-18-19(16-29(32)33)30(34)31-20-6-15-26-25-4-2-3-5-27(25)37-28(26)17-20/h2-15,17,19H,16,18H2,1H3,(H,31,34)/t19-/m1/s1. The number of hydrogen-bond donors (Lipinski definition) is 1. The van der Waals surface area contributed by atoms with Crippen LogP contribution in [0.3, 0.4) is 0 Å². The van der Waals surface area contributed by atoms with Crippen LogP contribution in [-0.2, 0) is 9.59 Å². The van der Waals surface area contributed by atoms with Crippen molar-refractivity contribution >= 4 is 45.1 Å². The molecule has 0 radical (unpaired) electrons. The minimum absolute atomic E-state index is 0.0864. The van der Waals surface area contributed by atoms with Gasteiger partial charge in [0.2, 0.25) is 11.8 Å². The maximum Gasteiger partial charge on any atom is 0.229 e. The predicted molar refractivity (Wildman–Crippen MR) is 142 cm³/mol. The molecule has 0 unspecified atom stereocenters. The average molecular weight is 493 g/mol. The number of fused-ring (bicyclic) bond motifs is 3. The van der Waals surface area contributed by atoms with E-state index in [1.54, 1.807) is 12.0 Å². The molecule has 2 amide bonds. The summed E-state index contributed by atoms with van der Waals surface area (Å²) < 4.78 is 17.0. The molecule has 0 bridgehead atoms. The maximum absolute atomic E-state index is 13.0. The number of carbonyl (C=O) groups is 2. The van der Waals surface area contributed by atoms with E-state index in [0.29, 0.717) is 29.3 Å². The Balaban J connectivity index is 1.11. The second-order valence-electron chi connectivity index (χ2n) is 8.98. The third kappa shape index (κ3) is 4.47. The first-order chi connectivity index (χ1) is 18.1. The molecule has 1 N–H and O–H groups in total. The fraction of sp³-hybridized carbons (Fsp3) is 0.133. The Hall–Kier alpha value is -4.78. The van der Waals surface area contributed by atoms with Crippen molar-refractivity contribution in [1.82, 2.24) is 0 Å². The lowest BCUT2D eigenvalue weighted by Crippen LogP contribution is -2.28. The molecule has 2 heterocycles. The minimum atomic E-state index is -0.450. The molecule has 37 heavy (non-hydrogen) atoms. The van der Waals surface area contributed by atoms with Crippen LogP contribution in [0.15, 0.2) is 95.4 Å². The lowest BCUT2D eigenvalue weighted by molar-refractivity contribution is -0.122. The maximum atomic E-state index is 13.0. The molecule has 6 rings (SSSR count). The van der Waals surface area contributed by atoms with E-state index in [-0.39, 0.29) is 18.2 Å². The summed E-state index contributed by atoms with van der Waals surface area (Å²) in [5, 5.41) is 4.98. The normalized spacial score (nSPS) is 15.3. The van der Waals surface area contributed by atoms with E-state index in [0.717, 1.165) is 27.8 Å². The Bertz CT molecular complexity index is 1610. The quantitative estimate of drug-likeness (QED) is 0.298. The number of amides is 2. The summed E-state index contributed by atoms with van der Waals surface area (Å²) in [6, 6.07) is 28.0. The van der Waals surface area contributed by atoms with Crippen LogP contribution in [0, 0.1) is 5.92 Å². The molecule has 4 aromatic carbocycles. The summed E-state index contributed by atoms with van der Waals surface area (Å²) in [4.78, 5) is 27.4. The second kappa shape index (κ2) is 9.35. The third-order valence-corrected chi connectivity index (χ3v) is 6.59. The first-order valence-corrected chi connectivity index (χ1v) is 12.0. The number of nitrogens with one attached hydrogen (secondary N) is 1. The monoisotopic (exact) mass is 492 g/mol. The molecule has 184 valence electrons. The van der Waals surface area contributed by atoms with E-state index in [4.69, 9.17) is 13.9 Å².